The number of para-hydroxylation sites is 1. The number of benzene rings is 1. The van der Waals surface area contributed by atoms with Crippen molar-refractivity contribution in [1.29, 1.82) is 0 Å². The molecular weight excluding hydrogens is 489 g/mol. The van der Waals surface area contributed by atoms with E-state index >= 15 is 4.39 Å². The minimum Gasteiger partial charge on any atom is -0.445 e. The molecule has 35 heavy (non-hydrogen) atoms. The van der Waals surface area contributed by atoms with Crippen LogP contribution >= 0.6 is 12.2 Å². The van der Waals surface area contributed by atoms with Gasteiger partial charge in [-0.05, 0) is 30.3 Å². The summed E-state index contributed by atoms with van der Waals surface area (Å²) < 4.78 is 41.2. The van der Waals surface area contributed by atoms with Gasteiger partial charge in [-0.15, -0.1) is 0 Å². The number of thiocarbonyl (C=S) groups is 1. The first-order chi connectivity index (χ1) is 16.5. The Labute approximate surface area is 209 Å². The molecule has 0 aliphatic carbocycles. The van der Waals surface area contributed by atoms with Crippen LogP contribution in [0.25, 0.3) is 11.2 Å². The largest absolute Gasteiger partial charge is 0.445 e. The number of alkyl halides is 1. The summed E-state index contributed by atoms with van der Waals surface area (Å²) in [6.45, 7) is 10.6. The standard InChI is InChI=1S/C23H30FN5O4SSi/c1-23(2,3)35(4,5)30-11-15-16(24)18(33-22(34)31-14-9-7-6-8-10-14)21(32-15)29-13-28-17-19(25)26-12-27-20(17)29/h6-10,12-13,15-16,18,21H,11H2,1-5H3,(H2,25,26,27)/t15-,16+,18-,21-/m1/s1. The van der Waals surface area contributed by atoms with Crippen LogP contribution in [-0.4, -0.2) is 58.1 Å². The number of rotatable bonds is 6. The molecule has 1 saturated heterocycles. The molecule has 1 aromatic carbocycles. The third-order valence-corrected chi connectivity index (χ3v) is 11.2. The minimum absolute atomic E-state index is 0.0349. The van der Waals surface area contributed by atoms with Gasteiger partial charge in [-0.3, -0.25) is 4.57 Å². The predicted octanol–water partition coefficient (Wildman–Crippen LogP) is 4.41. The first-order valence-electron chi connectivity index (χ1n) is 11.3. The van der Waals surface area contributed by atoms with E-state index in [1.165, 1.54) is 12.7 Å². The Kier molecular flexibility index (Phi) is 7.09. The second-order valence-electron chi connectivity index (χ2n) is 9.91. The third kappa shape index (κ3) is 5.30. The van der Waals surface area contributed by atoms with Crippen molar-refractivity contribution in [2.75, 3.05) is 12.3 Å². The zero-order valence-corrected chi connectivity index (χ0v) is 22.2. The van der Waals surface area contributed by atoms with E-state index in [0.717, 1.165) is 0 Å². The molecule has 1 aliphatic rings. The third-order valence-electron chi connectivity index (χ3n) is 6.52. The Bertz CT molecular complexity index is 1190. The number of aromatic nitrogens is 4. The molecular formula is C23H30FN5O4SSi. The summed E-state index contributed by atoms with van der Waals surface area (Å²) in [4.78, 5) is 12.5. The zero-order chi connectivity index (χ0) is 25.4. The van der Waals surface area contributed by atoms with Crippen molar-refractivity contribution in [3.05, 3.63) is 43.0 Å². The highest BCUT2D eigenvalue weighted by molar-refractivity contribution is 7.79. The number of nitrogens with two attached hydrogens (primary N) is 1. The van der Waals surface area contributed by atoms with Crippen LogP contribution in [0, 0.1) is 0 Å². The van der Waals surface area contributed by atoms with Crippen LogP contribution in [0.4, 0.5) is 10.2 Å². The Balaban J connectivity index is 1.59. The fraction of sp³-hybridized carbons (Fsp3) is 0.478. The van der Waals surface area contributed by atoms with E-state index in [1.807, 2.05) is 6.07 Å². The van der Waals surface area contributed by atoms with Gasteiger partial charge in [-0.2, -0.15) is 0 Å². The van der Waals surface area contributed by atoms with E-state index in [-0.39, 0.29) is 22.7 Å². The highest BCUT2D eigenvalue weighted by Crippen LogP contribution is 2.40. The summed E-state index contributed by atoms with van der Waals surface area (Å²) in [5, 5.41) is -0.255. The summed E-state index contributed by atoms with van der Waals surface area (Å²) in [5.74, 6) is 0.691. The van der Waals surface area contributed by atoms with E-state index in [9.17, 15) is 0 Å². The van der Waals surface area contributed by atoms with Gasteiger partial charge in [-0.25, -0.2) is 19.3 Å². The average molecular weight is 520 g/mol. The molecule has 0 saturated carbocycles. The first-order valence-corrected chi connectivity index (χ1v) is 14.6. The van der Waals surface area contributed by atoms with Crippen LogP contribution in [-0.2, 0) is 13.9 Å². The fourth-order valence-corrected chi connectivity index (χ4v) is 4.68. The van der Waals surface area contributed by atoms with E-state index in [0.29, 0.717) is 16.9 Å². The van der Waals surface area contributed by atoms with Gasteiger partial charge in [-0.1, -0.05) is 39.0 Å². The van der Waals surface area contributed by atoms with Gasteiger partial charge >= 0.3 is 5.24 Å². The predicted molar refractivity (Wildman–Crippen MR) is 136 cm³/mol. The number of imidazole rings is 1. The van der Waals surface area contributed by atoms with Crippen LogP contribution in [0.1, 0.15) is 27.0 Å². The van der Waals surface area contributed by atoms with Crippen molar-refractivity contribution in [2.45, 2.75) is 63.5 Å². The minimum atomic E-state index is -2.14. The number of hydrogen-bond acceptors (Lipinski definition) is 9. The van der Waals surface area contributed by atoms with Crippen LogP contribution < -0.4 is 10.5 Å². The summed E-state index contributed by atoms with van der Waals surface area (Å²) >= 11 is 5.27. The lowest BCUT2D eigenvalue weighted by Crippen LogP contribution is -2.44. The van der Waals surface area contributed by atoms with Crippen LogP contribution in [0.5, 0.6) is 5.75 Å². The number of hydrogen-bond donors (Lipinski definition) is 1. The van der Waals surface area contributed by atoms with Gasteiger partial charge in [0, 0.05) is 12.2 Å². The van der Waals surface area contributed by atoms with E-state index in [1.54, 1.807) is 28.8 Å². The van der Waals surface area contributed by atoms with Crippen molar-refractivity contribution >= 4 is 42.8 Å². The van der Waals surface area contributed by atoms with Crippen LogP contribution in [0.2, 0.25) is 18.1 Å². The number of nitrogens with zero attached hydrogens (tertiary/aromatic N) is 4. The zero-order valence-electron chi connectivity index (χ0n) is 20.3. The summed E-state index contributed by atoms with van der Waals surface area (Å²) in [6, 6.07) is 8.90. The van der Waals surface area contributed by atoms with Gasteiger partial charge in [0.2, 0.25) is 0 Å². The van der Waals surface area contributed by atoms with Gasteiger partial charge in [0.15, 0.2) is 38.3 Å². The average Bonchev–Trinajstić information content (AvgIpc) is 3.35. The maximum atomic E-state index is 15.8. The van der Waals surface area contributed by atoms with Crippen LogP contribution in [0.3, 0.4) is 0 Å². The highest BCUT2D eigenvalue weighted by Gasteiger charge is 2.50. The molecule has 3 aromatic rings. The van der Waals surface area contributed by atoms with Crippen molar-refractivity contribution in [3.8, 4) is 5.75 Å². The second kappa shape index (κ2) is 9.76. The molecule has 4 rings (SSSR count). The molecule has 9 nitrogen and oxygen atoms in total. The molecule has 0 radical (unpaired) electrons. The Morgan fingerprint density at radius 2 is 1.91 bits per heavy atom. The highest BCUT2D eigenvalue weighted by atomic mass is 32.1. The molecule has 1 fully saturated rings. The number of fused-ring (bicyclic) bond motifs is 1. The van der Waals surface area contributed by atoms with E-state index in [2.05, 4.69) is 48.8 Å². The van der Waals surface area contributed by atoms with Gasteiger partial charge < -0.3 is 24.4 Å². The van der Waals surface area contributed by atoms with Gasteiger partial charge in [0.1, 0.15) is 23.7 Å². The Morgan fingerprint density at radius 3 is 2.60 bits per heavy atom. The summed E-state index contributed by atoms with van der Waals surface area (Å²) in [6.07, 6.45) is -1.73. The lowest BCUT2D eigenvalue weighted by molar-refractivity contribution is -0.0473. The lowest BCUT2D eigenvalue weighted by Gasteiger charge is -2.37. The monoisotopic (exact) mass is 519 g/mol. The summed E-state index contributed by atoms with van der Waals surface area (Å²) in [5.41, 5.74) is 6.71. The maximum Gasteiger partial charge on any atom is 0.358 e. The van der Waals surface area contributed by atoms with Crippen LogP contribution in [0.15, 0.2) is 43.0 Å². The molecule has 1 aliphatic heterocycles. The normalized spacial score (nSPS) is 22.9. The molecule has 0 amide bonds. The van der Waals surface area contributed by atoms with Crippen molar-refractivity contribution in [3.63, 3.8) is 0 Å². The molecule has 0 bridgehead atoms. The first kappa shape index (κ1) is 25.4. The second-order valence-corrected chi connectivity index (χ2v) is 15.1. The topological polar surface area (TPSA) is 107 Å². The fourth-order valence-electron chi connectivity index (χ4n) is 3.46. The maximum absolute atomic E-state index is 15.8. The number of halogens is 1. The molecule has 2 N–H and O–H groups in total. The molecule has 188 valence electrons. The Hall–Kier alpha value is -2.67. The lowest BCUT2D eigenvalue weighted by atomic mass is 10.1. The molecule has 12 heteroatoms. The van der Waals surface area contributed by atoms with E-state index < -0.39 is 32.9 Å². The quantitative estimate of drug-likeness (QED) is 0.374. The Morgan fingerprint density at radius 1 is 1.20 bits per heavy atom. The molecule has 2 aromatic heterocycles. The number of nitrogen functional groups attached to an aromatic ring is 1. The molecule has 0 spiro atoms. The smallest absolute Gasteiger partial charge is 0.358 e. The molecule has 4 atom stereocenters. The van der Waals surface area contributed by atoms with Crippen molar-refractivity contribution in [1.82, 2.24) is 19.5 Å². The van der Waals surface area contributed by atoms with Gasteiger partial charge in [0.05, 0.1) is 12.9 Å². The van der Waals surface area contributed by atoms with Gasteiger partial charge in [0.25, 0.3) is 0 Å². The van der Waals surface area contributed by atoms with E-state index in [4.69, 9.17) is 36.6 Å². The van der Waals surface area contributed by atoms with Crippen molar-refractivity contribution < 1.29 is 23.0 Å². The number of anilines is 1. The summed E-state index contributed by atoms with van der Waals surface area (Å²) in [7, 11) is -2.14. The molecule has 0 unspecified atom stereocenters. The number of ether oxygens (including phenoxy) is 3. The molecule has 3 heterocycles. The SMILES string of the molecule is CC(C)(C)[Si](C)(C)OC[C@H]1O[C@@H](n2cnc3c(N)ncnc32)[C@H](OC(=S)Oc2ccccc2)[C@H]1F. The van der Waals surface area contributed by atoms with Crippen molar-refractivity contribution in [2.24, 2.45) is 0 Å².